The van der Waals surface area contributed by atoms with Gasteiger partial charge in [-0.15, -0.1) is 0 Å². The number of hydrazine groups is 1. The summed E-state index contributed by atoms with van der Waals surface area (Å²) in [4.78, 5) is 24.6. The number of amides is 2. The van der Waals surface area contributed by atoms with Crippen LogP contribution in [0, 0.1) is 0 Å². The van der Waals surface area contributed by atoms with E-state index < -0.39 is 0 Å². The Morgan fingerprint density at radius 2 is 1.71 bits per heavy atom. The lowest BCUT2D eigenvalue weighted by Gasteiger charge is -2.13. The van der Waals surface area contributed by atoms with Crippen LogP contribution in [0.5, 0.6) is 5.75 Å². The molecule has 0 radical (unpaired) electrons. The zero-order valence-corrected chi connectivity index (χ0v) is 16.1. The normalized spacial score (nSPS) is 11.6. The summed E-state index contributed by atoms with van der Waals surface area (Å²) in [6.07, 6.45) is 1.12. The maximum absolute atomic E-state index is 12.3. The average molecular weight is 376 g/mol. The van der Waals surface area contributed by atoms with Gasteiger partial charge in [0.2, 0.25) is 5.91 Å². The van der Waals surface area contributed by atoms with Crippen molar-refractivity contribution >= 4 is 22.6 Å². The minimum absolute atomic E-state index is 0.0682. The van der Waals surface area contributed by atoms with Gasteiger partial charge in [-0.2, -0.15) is 0 Å². The Morgan fingerprint density at radius 1 is 0.964 bits per heavy atom. The van der Waals surface area contributed by atoms with Crippen molar-refractivity contribution in [1.29, 1.82) is 0 Å². The summed E-state index contributed by atoms with van der Waals surface area (Å²) in [6, 6.07) is 20.6. The quantitative estimate of drug-likeness (QED) is 0.639. The van der Waals surface area contributed by atoms with E-state index in [9.17, 15) is 9.59 Å². The van der Waals surface area contributed by atoms with E-state index in [-0.39, 0.29) is 24.3 Å². The maximum atomic E-state index is 12.3. The number of ether oxygens (including phenoxy) is 1. The van der Waals surface area contributed by atoms with Crippen LogP contribution in [-0.4, -0.2) is 17.9 Å². The molecule has 0 aliphatic heterocycles. The lowest BCUT2D eigenvalue weighted by atomic mass is 10.0. The lowest BCUT2D eigenvalue weighted by molar-refractivity contribution is -0.121. The molecule has 0 aliphatic carbocycles. The smallest absolute Gasteiger partial charge is 0.269 e. The second kappa shape index (κ2) is 9.04. The van der Waals surface area contributed by atoms with Gasteiger partial charge in [-0.05, 0) is 47.9 Å². The number of benzene rings is 3. The molecule has 0 fully saturated rings. The average Bonchev–Trinajstić information content (AvgIpc) is 2.72. The summed E-state index contributed by atoms with van der Waals surface area (Å²) in [6.45, 7) is 4.01. The maximum Gasteiger partial charge on any atom is 0.269 e. The van der Waals surface area contributed by atoms with Gasteiger partial charge in [0.1, 0.15) is 5.75 Å². The van der Waals surface area contributed by atoms with Crippen LogP contribution in [0.2, 0.25) is 0 Å². The lowest BCUT2D eigenvalue weighted by Crippen LogP contribution is -2.42. The van der Waals surface area contributed by atoms with Crippen molar-refractivity contribution in [2.45, 2.75) is 32.8 Å². The van der Waals surface area contributed by atoms with E-state index in [0.717, 1.165) is 22.8 Å². The number of hydrogen-bond acceptors (Lipinski definition) is 3. The second-order valence-corrected chi connectivity index (χ2v) is 6.68. The molecule has 3 rings (SSSR count). The van der Waals surface area contributed by atoms with E-state index in [1.165, 1.54) is 0 Å². The first-order chi connectivity index (χ1) is 13.6. The molecule has 5 nitrogen and oxygen atoms in total. The molecule has 1 atom stereocenters. The first-order valence-electron chi connectivity index (χ1n) is 9.39. The van der Waals surface area contributed by atoms with Gasteiger partial charge in [0.25, 0.3) is 5.91 Å². The fourth-order valence-corrected chi connectivity index (χ4v) is 2.89. The van der Waals surface area contributed by atoms with Crippen LogP contribution in [-0.2, 0) is 11.2 Å². The predicted octanol–water partition coefficient (Wildman–Crippen LogP) is 4.02. The standard InChI is InChI=1S/C23H24N2O3/c1-3-16(2)28-20-12-7-11-19(14-20)23(27)25-24-22(26)15-18-10-6-9-17-8-4-5-13-21(17)18/h4-14,16H,3,15H2,1-2H3,(H,24,26)(H,25,27). The molecule has 3 aromatic carbocycles. The Morgan fingerprint density at radius 3 is 2.54 bits per heavy atom. The summed E-state index contributed by atoms with van der Waals surface area (Å²) in [5.74, 6) is -0.0401. The molecular formula is C23H24N2O3. The molecule has 2 N–H and O–H groups in total. The van der Waals surface area contributed by atoms with Gasteiger partial charge in [0.15, 0.2) is 0 Å². The van der Waals surface area contributed by atoms with E-state index in [2.05, 4.69) is 10.9 Å². The van der Waals surface area contributed by atoms with E-state index in [0.29, 0.717) is 11.3 Å². The van der Waals surface area contributed by atoms with Crippen LogP contribution in [0.15, 0.2) is 66.7 Å². The summed E-state index contributed by atoms with van der Waals surface area (Å²) in [7, 11) is 0. The molecule has 0 saturated carbocycles. The highest BCUT2D eigenvalue weighted by atomic mass is 16.5. The number of fused-ring (bicyclic) bond motifs is 1. The van der Waals surface area contributed by atoms with Gasteiger partial charge in [-0.25, -0.2) is 0 Å². The topological polar surface area (TPSA) is 67.4 Å². The third kappa shape index (κ3) is 4.88. The third-order valence-electron chi connectivity index (χ3n) is 4.55. The van der Waals surface area contributed by atoms with E-state index in [1.54, 1.807) is 18.2 Å². The number of carbonyl (C=O) groups excluding carboxylic acids is 2. The van der Waals surface area contributed by atoms with Crippen molar-refractivity contribution in [3.63, 3.8) is 0 Å². The molecule has 0 heterocycles. The zero-order chi connectivity index (χ0) is 19.9. The van der Waals surface area contributed by atoms with Crippen molar-refractivity contribution in [3.05, 3.63) is 77.9 Å². The molecule has 28 heavy (non-hydrogen) atoms. The fourth-order valence-electron chi connectivity index (χ4n) is 2.89. The van der Waals surface area contributed by atoms with Crippen molar-refractivity contribution in [2.24, 2.45) is 0 Å². The summed E-state index contributed by atoms with van der Waals surface area (Å²) in [5.41, 5.74) is 6.29. The molecule has 0 spiro atoms. The molecule has 3 aromatic rings. The van der Waals surface area contributed by atoms with Crippen LogP contribution in [0.4, 0.5) is 0 Å². The molecule has 5 heteroatoms. The monoisotopic (exact) mass is 376 g/mol. The molecule has 0 bridgehead atoms. The molecule has 1 unspecified atom stereocenters. The zero-order valence-electron chi connectivity index (χ0n) is 16.1. The Labute approximate surface area is 164 Å². The molecule has 144 valence electrons. The van der Waals surface area contributed by atoms with Crippen LogP contribution in [0.1, 0.15) is 36.2 Å². The van der Waals surface area contributed by atoms with Crippen LogP contribution in [0.25, 0.3) is 10.8 Å². The van der Waals surface area contributed by atoms with Crippen molar-refractivity contribution < 1.29 is 14.3 Å². The first kappa shape index (κ1) is 19.4. The van der Waals surface area contributed by atoms with Crippen molar-refractivity contribution in [1.82, 2.24) is 10.9 Å². The first-order valence-corrected chi connectivity index (χ1v) is 9.39. The number of nitrogens with one attached hydrogen (secondary N) is 2. The van der Waals surface area contributed by atoms with Gasteiger partial charge >= 0.3 is 0 Å². The number of rotatable bonds is 6. The molecule has 0 aromatic heterocycles. The van der Waals surface area contributed by atoms with Gasteiger partial charge in [0, 0.05) is 5.56 Å². The van der Waals surface area contributed by atoms with Gasteiger partial charge in [-0.1, -0.05) is 55.5 Å². The second-order valence-electron chi connectivity index (χ2n) is 6.68. The van der Waals surface area contributed by atoms with Gasteiger partial charge in [-0.3, -0.25) is 20.4 Å². The largest absolute Gasteiger partial charge is 0.491 e. The molecule has 0 saturated heterocycles. The SMILES string of the molecule is CCC(C)Oc1cccc(C(=O)NNC(=O)Cc2cccc3ccccc23)c1. The van der Waals surface area contributed by atoms with E-state index in [4.69, 9.17) is 4.74 Å². The summed E-state index contributed by atoms with van der Waals surface area (Å²) >= 11 is 0. The minimum atomic E-state index is -0.388. The molecule has 0 aliphatic rings. The fraction of sp³-hybridized carbons (Fsp3) is 0.217. The van der Waals surface area contributed by atoms with E-state index >= 15 is 0 Å². The van der Waals surface area contributed by atoms with Gasteiger partial charge < -0.3 is 4.74 Å². The third-order valence-corrected chi connectivity index (χ3v) is 4.55. The Balaban J connectivity index is 1.60. The molecular weight excluding hydrogens is 352 g/mol. The van der Waals surface area contributed by atoms with Gasteiger partial charge in [0.05, 0.1) is 12.5 Å². The highest BCUT2D eigenvalue weighted by molar-refractivity contribution is 5.96. The van der Waals surface area contributed by atoms with Crippen molar-refractivity contribution in [3.8, 4) is 5.75 Å². The summed E-state index contributed by atoms with van der Waals surface area (Å²) in [5, 5.41) is 2.11. The number of hydrogen-bond donors (Lipinski definition) is 2. The predicted molar refractivity (Wildman–Crippen MR) is 110 cm³/mol. The van der Waals surface area contributed by atoms with Crippen LogP contribution in [0.3, 0.4) is 0 Å². The highest BCUT2D eigenvalue weighted by Crippen LogP contribution is 2.19. The Kier molecular flexibility index (Phi) is 6.27. The molecule has 2 amide bonds. The Bertz CT molecular complexity index is 979. The summed E-state index contributed by atoms with van der Waals surface area (Å²) < 4.78 is 5.73. The number of carbonyl (C=O) groups is 2. The van der Waals surface area contributed by atoms with Crippen LogP contribution >= 0.6 is 0 Å². The minimum Gasteiger partial charge on any atom is -0.491 e. The van der Waals surface area contributed by atoms with Crippen LogP contribution < -0.4 is 15.6 Å². The van der Waals surface area contributed by atoms with Crippen molar-refractivity contribution in [2.75, 3.05) is 0 Å². The van der Waals surface area contributed by atoms with E-state index in [1.807, 2.05) is 62.4 Å². The highest BCUT2D eigenvalue weighted by Gasteiger charge is 2.11. The Hall–Kier alpha value is -3.34.